The molecule has 4 rings (SSSR count). The van der Waals surface area contributed by atoms with Gasteiger partial charge in [0.05, 0.1) is 23.3 Å². The molecule has 2 heterocycles. The lowest BCUT2D eigenvalue weighted by Crippen LogP contribution is -2.35. The summed E-state index contributed by atoms with van der Waals surface area (Å²) in [5.41, 5.74) is 1.81. The lowest BCUT2D eigenvalue weighted by atomic mass is 10.2. The van der Waals surface area contributed by atoms with Gasteiger partial charge < -0.3 is 10.1 Å². The smallest absolute Gasteiger partial charge is 0.269 e. The number of fused-ring (bicyclic) bond motifs is 1. The van der Waals surface area contributed by atoms with E-state index >= 15 is 0 Å². The fourth-order valence-corrected chi connectivity index (χ4v) is 4.35. The van der Waals surface area contributed by atoms with Gasteiger partial charge in [0.25, 0.3) is 5.56 Å². The first-order valence-electron chi connectivity index (χ1n) is 9.42. The van der Waals surface area contributed by atoms with Crippen LogP contribution in [0.2, 0.25) is 0 Å². The lowest BCUT2D eigenvalue weighted by Gasteiger charge is -2.26. The van der Waals surface area contributed by atoms with E-state index in [0.717, 1.165) is 43.2 Å². The molecule has 6 nitrogen and oxygen atoms in total. The first-order chi connectivity index (χ1) is 13.6. The molecule has 3 aromatic rings. The van der Waals surface area contributed by atoms with Crippen LogP contribution < -0.4 is 10.9 Å². The van der Waals surface area contributed by atoms with Gasteiger partial charge in [-0.3, -0.25) is 18.4 Å². The maximum absolute atomic E-state index is 12.7. The second-order valence-corrected chi connectivity index (χ2v) is 7.98. The third kappa shape index (κ3) is 4.01. The van der Waals surface area contributed by atoms with Crippen LogP contribution in [0.4, 0.5) is 5.69 Å². The van der Waals surface area contributed by atoms with Gasteiger partial charge in [-0.2, -0.15) is 0 Å². The van der Waals surface area contributed by atoms with Crippen LogP contribution in [-0.2, 0) is 16.1 Å². The molecule has 1 aliphatic rings. The molecule has 1 fully saturated rings. The minimum atomic E-state index is -0.571. The van der Waals surface area contributed by atoms with Crippen molar-refractivity contribution >= 4 is 33.2 Å². The topological polar surface area (TPSA) is 63.6 Å². The fourth-order valence-electron chi connectivity index (χ4n) is 3.31. The molecule has 7 heteroatoms. The average Bonchev–Trinajstić information content (AvgIpc) is 3.06. The van der Waals surface area contributed by atoms with Crippen LogP contribution in [-0.4, -0.2) is 41.1 Å². The number of rotatable bonds is 5. The Morgan fingerprint density at radius 2 is 1.86 bits per heavy atom. The van der Waals surface area contributed by atoms with E-state index in [9.17, 15) is 9.59 Å². The molecule has 1 atom stereocenters. The fraction of sp³-hybridized carbons (Fsp3) is 0.333. The maximum atomic E-state index is 12.7. The van der Waals surface area contributed by atoms with E-state index in [1.165, 1.54) is 21.1 Å². The Morgan fingerprint density at radius 3 is 2.57 bits per heavy atom. The number of ether oxygens (including phenoxy) is 1. The van der Waals surface area contributed by atoms with E-state index in [-0.39, 0.29) is 11.5 Å². The predicted octanol–water partition coefficient (Wildman–Crippen LogP) is 3.09. The summed E-state index contributed by atoms with van der Waals surface area (Å²) in [5.74, 6) is -0.199. The SMILES string of the molecule is CC(C(=O)Nc1ccc(CN2CCOCC2)cc1)n1sc2ccccc2c1=O. The second-order valence-electron chi connectivity index (χ2n) is 6.97. The molecule has 0 spiro atoms. The molecule has 0 radical (unpaired) electrons. The van der Waals surface area contributed by atoms with E-state index < -0.39 is 6.04 Å². The zero-order valence-electron chi connectivity index (χ0n) is 15.8. The third-order valence-corrected chi connectivity index (χ3v) is 6.21. The number of morpholine rings is 1. The van der Waals surface area contributed by atoms with Crippen molar-refractivity contribution in [2.75, 3.05) is 31.6 Å². The van der Waals surface area contributed by atoms with Gasteiger partial charge in [-0.05, 0) is 36.8 Å². The summed E-state index contributed by atoms with van der Waals surface area (Å²) in [6.07, 6.45) is 0. The minimum absolute atomic E-state index is 0.121. The summed E-state index contributed by atoms with van der Waals surface area (Å²) in [6.45, 7) is 6.08. The summed E-state index contributed by atoms with van der Waals surface area (Å²) in [6, 6.07) is 14.7. The van der Waals surface area contributed by atoms with E-state index in [1.54, 1.807) is 13.0 Å². The molecule has 0 saturated carbocycles. The quantitative estimate of drug-likeness (QED) is 0.719. The minimum Gasteiger partial charge on any atom is -0.379 e. The van der Waals surface area contributed by atoms with Crippen LogP contribution in [0.1, 0.15) is 18.5 Å². The van der Waals surface area contributed by atoms with Gasteiger partial charge in [-0.15, -0.1) is 0 Å². The van der Waals surface area contributed by atoms with Gasteiger partial charge in [-0.25, -0.2) is 0 Å². The molecule has 146 valence electrons. The van der Waals surface area contributed by atoms with Gasteiger partial charge in [0.2, 0.25) is 5.91 Å². The molecule has 2 aromatic carbocycles. The van der Waals surface area contributed by atoms with Crippen molar-refractivity contribution in [3.8, 4) is 0 Å². The Hall–Kier alpha value is -2.48. The zero-order valence-corrected chi connectivity index (χ0v) is 16.6. The highest BCUT2D eigenvalue weighted by atomic mass is 32.1. The predicted molar refractivity (Wildman–Crippen MR) is 112 cm³/mol. The van der Waals surface area contributed by atoms with E-state index in [4.69, 9.17) is 4.74 Å². The highest BCUT2D eigenvalue weighted by molar-refractivity contribution is 7.14. The molecular weight excluding hydrogens is 374 g/mol. The number of anilines is 1. The van der Waals surface area contributed by atoms with Crippen LogP contribution in [0.25, 0.3) is 10.1 Å². The number of carbonyl (C=O) groups is 1. The van der Waals surface area contributed by atoms with Crippen molar-refractivity contribution < 1.29 is 9.53 Å². The largest absolute Gasteiger partial charge is 0.379 e. The molecule has 1 amide bonds. The zero-order chi connectivity index (χ0) is 19.5. The number of amides is 1. The van der Waals surface area contributed by atoms with Crippen molar-refractivity contribution in [3.63, 3.8) is 0 Å². The van der Waals surface area contributed by atoms with E-state index in [1.807, 2.05) is 42.5 Å². The van der Waals surface area contributed by atoms with Gasteiger partial charge in [0, 0.05) is 25.3 Å². The van der Waals surface area contributed by atoms with Crippen LogP contribution in [0.5, 0.6) is 0 Å². The summed E-state index contributed by atoms with van der Waals surface area (Å²) in [7, 11) is 0. The number of aromatic nitrogens is 1. The molecule has 28 heavy (non-hydrogen) atoms. The summed E-state index contributed by atoms with van der Waals surface area (Å²) in [4.78, 5) is 27.6. The highest BCUT2D eigenvalue weighted by Crippen LogP contribution is 2.21. The Kier molecular flexibility index (Phi) is 5.57. The summed E-state index contributed by atoms with van der Waals surface area (Å²) >= 11 is 1.32. The first-order valence-corrected chi connectivity index (χ1v) is 10.2. The molecule has 1 aliphatic heterocycles. The van der Waals surface area contributed by atoms with Gasteiger partial charge in [-0.1, -0.05) is 35.8 Å². The number of hydrogen-bond donors (Lipinski definition) is 1. The molecule has 1 N–H and O–H groups in total. The highest BCUT2D eigenvalue weighted by Gasteiger charge is 2.20. The standard InChI is InChI=1S/C21H23N3O3S/c1-15(24-21(26)18-4-2-3-5-19(18)28-24)20(25)22-17-8-6-16(7-9-17)14-23-10-12-27-13-11-23/h2-9,15H,10-14H2,1H3,(H,22,25). The van der Waals surface area contributed by atoms with Crippen molar-refractivity contribution in [2.24, 2.45) is 0 Å². The third-order valence-electron chi connectivity index (χ3n) is 4.98. The number of hydrogen-bond acceptors (Lipinski definition) is 5. The van der Waals surface area contributed by atoms with Crippen LogP contribution in [0, 0.1) is 0 Å². The van der Waals surface area contributed by atoms with Gasteiger partial charge >= 0.3 is 0 Å². The molecule has 0 bridgehead atoms. The number of benzene rings is 2. The van der Waals surface area contributed by atoms with Crippen LogP contribution in [0.15, 0.2) is 53.3 Å². The lowest BCUT2D eigenvalue weighted by molar-refractivity contribution is -0.118. The van der Waals surface area contributed by atoms with Crippen molar-refractivity contribution in [2.45, 2.75) is 19.5 Å². The number of nitrogens with zero attached hydrogens (tertiary/aromatic N) is 2. The number of carbonyl (C=O) groups excluding carboxylic acids is 1. The van der Waals surface area contributed by atoms with E-state index in [0.29, 0.717) is 5.39 Å². The molecule has 1 saturated heterocycles. The van der Waals surface area contributed by atoms with Crippen molar-refractivity contribution in [3.05, 3.63) is 64.4 Å². The van der Waals surface area contributed by atoms with E-state index in [2.05, 4.69) is 10.2 Å². The average molecular weight is 398 g/mol. The first kappa shape index (κ1) is 18.9. The number of nitrogens with one attached hydrogen (secondary N) is 1. The van der Waals surface area contributed by atoms with Crippen LogP contribution in [0.3, 0.4) is 0 Å². The van der Waals surface area contributed by atoms with Gasteiger partial charge in [0.15, 0.2) is 0 Å². The van der Waals surface area contributed by atoms with Crippen molar-refractivity contribution in [1.29, 1.82) is 0 Å². The van der Waals surface area contributed by atoms with Crippen LogP contribution >= 0.6 is 11.5 Å². The summed E-state index contributed by atoms with van der Waals surface area (Å²) in [5, 5.41) is 3.57. The Bertz CT molecular complexity index is 1020. The monoisotopic (exact) mass is 397 g/mol. The molecule has 0 aliphatic carbocycles. The second kappa shape index (κ2) is 8.26. The molecule has 1 unspecified atom stereocenters. The Labute approximate surface area is 167 Å². The molecule has 1 aromatic heterocycles. The maximum Gasteiger partial charge on any atom is 0.269 e. The Morgan fingerprint density at radius 1 is 1.14 bits per heavy atom. The van der Waals surface area contributed by atoms with Crippen molar-refractivity contribution in [1.82, 2.24) is 8.86 Å². The normalized spacial score (nSPS) is 16.2. The molecular formula is C21H23N3O3S. The summed E-state index contributed by atoms with van der Waals surface area (Å²) < 4.78 is 7.80. The Balaban J connectivity index is 1.42. The van der Waals surface area contributed by atoms with Gasteiger partial charge in [0.1, 0.15) is 6.04 Å².